The van der Waals surface area contributed by atoms with Gasteiger partial charge in [-0.25, -0.2) is 0 Å². The van der Waals surface area contributed by atoms with Crippen LogP contribution in [0.1, 0.15) is 6.42 Å². The minimum absolute atomic E-state index is 0.119. The topological polar surface area (TPSA) is 91.4 Å². The van der Waals surface area contributed by atoms with Crippen molar-refractivity contribution in [2.45, 2.75) is 6.42 Å². The molecule has 3 N–H and O–H groups in total. The first-order valence-electron chi connectivity index (χ1n) is 5.88. The predicted molar refractivity (Wildman–Crippen MR) is 73.9 cm³/mol. The fourth-order valence-electron chi connectivity index (χ4n) is 1.38. The zero-order valence-corrected chi connectivity index (χ0v) is 11.1. The van der Waals surface area contributed by atoms with E-state index in [4.69, 9.17) is 15.7 Å². The largest absolute Gasteiger partial charge is 0.482 e. The molecule has 0 spiro atoms. The van der Waals surface area contributed by atoms with Gasteiger partial charge < -0.3 is 20.7 Å². The molecule has 0 radical (unpaired) electrons. The number of rotatable bonds is 6. The maximum Gasteiger partial charge on any atom is 0.257 e. The maximum atomic E-state index is 11.4. The van der Waals surface area contributed by atoms with E-state index in [1.165, 1.54) is 0 Å². The molecule has 19 heavy (non-hydrogen) atoms. The number of anilines is 2. The minimum Gasteiger partial charge on any atom is -0.482 e. The van der Waals surface area contributed by atoms with Gasteiger partial charge in [-0.2, -0.15) is 5.26 Å². The van der Waals surface area contributed by atoms with Gasteiger partial charge in [0.05, 0.1) is 18.2 Å². The fraction of sp³-hybridized carbons (Fsp3) is 0.385. The van der Waals surface area contributed by atoms with Crippen LogP contribution in [-0.2, 0) is 4.79 Å². The molecule has 1 amide bonds. The summed E-state index contributed by atoms with van der Waals surface area (Å²) in [5, 5.41) is 10.9. The second-order valence-corrected chi connectivity index (χ2v) is 4.16. The van der Waals surface area contributed by atoms with Crippen molar-refractivity contribution >= 4 is 17.3 Å². The van der Waals surface area contributed by atoms with Crippen LogP contribution in [0.2, 0.25) is 0 Å². The Morgan fingerprint density at radius 3 is 2.89 bits per heavy atom. The Balaban J connectivity index is 2.55. The first-order chi connectivity index (χ1) is 9.04. The zero-order valence-electron chi connectivity index (χ0n) is 11.1. The fourth-order valence-corrected chi connectivity index (χ4v) is 1.38. The maximum absolute atomic E-state index is 11.4. The second-order valence-electron chi connectivity index (χ2n) is 4.16. The van der Waals surface area contributed by atoms with Crippen molar-refractivity contribution in [3.63, 3.8) is 0 Å². The number of benzene rings is 1. The molecule has 0 heterocycles. The van der Waals surface area contributed by atoms with Crippen LogP contribution in [0.4, 0.5) is 11.4 Å². The molecule has 0 saturated carbocycles. The minimum atomic E-state index is -0.273. The van der Waals surface area contributed by atoms with Crippen LogP contribution in [-0.4, -0.2) is 33.2 Å². The van der Waals surface area contributed by atoms with Gasteiger partial charge >= 0.3 is 0 Å². The molecule has 102 valence electrons. The van der Waals surface area contributed by atoms with Gasteiger partial charge in [0.25, 0.3) is 5.91 Å². The lowest BCUT2D eigenvalue weighted by molar-refractivity contribution is -0.123. The Morgan fingerprint density at radius 1 is 1.53 bits per heavy atom. The number of nitrogens with two attached hydrogens (primary N) is 1. The molecule has 0 aromatic heterocycles. The average Bonchev–Trinajstić information content (AvgIpc) is 2.37. The summed E-state index contributed by atoms with van der Waals surface area (Å²) in [7, 11) is 3.81. The first kappa shape index (κ1) is 14.6. The van der Waals surface area contributed by atoms with E-state index in [1.54, 1.807) is 12.1 Å². The number of ether oxygens (including phenoxy) is 1. The van der Waals surface area contributed by atoms with E-state index in [0.717, 1.165) is 5.69 Å². The smallest absolute Gasteiger partial charge is 0.257 e. The lowest BCUT2D eigenvalue weighted by Gasteiger charge is -2.15. The van der Waals surface area contributed by atoms with E-state index in [1.807, 2.05) is 31.1 Å². The van der Waals surface area contributed by atoms with Gasteiger partial charge in [0.2, 0.25) is 0 Å². The summed E-state index contributed by atoms with van der Waals surface area (Å²) in [6.45, 7) is 0.207. The van der Waals surface area contributed by atoms with Gasteiger partial charge in [-0.15, -0.1) is 0 Å². The van der Waals surface area contributed by atoms with E-state index in [-0.39, 0.29) is 18.9 Å². The summed E-state index contributed by atoms with van der Waals surface area (Å²) >= 11 is 0. The zero-order chi connectivity index (χ0) is 14.3. The molecule has 1 aromatic rings. The molecule has 6 nitrogen and oxygen atoms in total. The van der Waals surface area contributed by atoms with Gasteiger partial charge in [-0.3, -0.25) is 4.79 Å². The van der Waals surface area contributed by atoms with E-state index in [0.29, 0.717) is 18.0 Å². The van der Waals surface area contributed by atoms with Crippen LogP contribution in [0, 0.1) is 11.3 Å². The van der Waals surface area contributed by atoms with Crippen molar-refractivity contribution in [3.8, 4) is 11.8 Å². The monoisotopic (exact) mass is 262 g/mol. The molecule has 0 aliphatic heterocycles. The van der Waals surface area contributed by atoms with Crippen LogP contribution < -0.4 is 20.7 Å². The Bertz CT molecular complexity index is 480. The SMILES string of the molecule is CN(C)c1ccc(N)c(OCC(=O)NCCC#N)c1. The van der Waals surface area contributed by atoms with E-state index >= 15 is 0 Å². The number of nitriles is 1. The van der Waals surface area contributed by atoms with Crippen molar-refractivity contribution < 1.29 is 9.53 Å². The molecule has 0 aliphatic rings. The number of hydrogen-bond donors (Lipinski definition) is 2. The third-order valence-corrected chi connectivity index (χ3v) is 2.43. The number of nitrogens with zero attached hydrogens (tertiary/aromatic N) is 2. The van der Waals surface area contributed by atoms with Gasteiger partial charge in [0.15, 0.2) is 6.61 Å². The van der Waals surface area contributed by atoms with Gasteiger partial charge in [-0.1, -0.05) is 0 Å². The number of amides is 1. The highest BCUT2D eigenvalue weighted by molar-refractivity contribution is 5.77. The number of nitrogens with one attached hydrogen (secondary N) is 1. The molecule has 0 unspecified atom stereocenters. The van der Waals surface area contributed by atoms with E-state index < -0.39 is 0 Å². The van der Waals surface area contributed by atoms with Crippen molar-refractivity contribution in [1.29, 1.82) is 5.26 Å². The highest BCUT2D eigenvalue weighted by atomic mass is 16.5. The van der Waals surface area contributed by atoms with Crippen LogP contribution in [0.5, 0.6) is 5.75 Å². The van der Waals surface area contributed by atoms with Crippen molar-refractivity contribution in [1.82, 2.24) is 5.32 Å². The first-order valence-corrected chi connectivity index (χ1v) is 5.88. The summed E-state index contributed by atoms with van der Waals surface area (Å²) in [4.78, 5) is 13.3. The van der Waals surface area contributed by atoms with Crippen LogP contribution in [0.3, 0.4) is 0 Å². The third-order valence-electron chi connectivity index (χ3n) is 2.43. The molecule has 1 aromatic carbocycles. The summed E-state index contributed by atoms with van der Waals surface area (Å²) in [5.74, 6) is 0.200. The van der Waals surface area contributed by atoms with Gasteiger partial charge in [-0.05, 0) is 12.1 Å². The molecule has 0 bridgehead atoms. The van der Waals surface area contributed by atoms with Crippen LogP contribution in [0.15, 0.2) is 18.2 Å². The molecule has 0 aliphatic carbocycles. The molecule has 0 fully saturated rings. The Labute approximate surface area is 112 Å². The van der Waals surface area contributed by atoms with Crippen LogP contribution >= 0.6 is 0 Å². The van der Waals surface area contributed by atoms with Gasteiger partial charge in [0.1, 0.15) is 5.75 Å². The summed E-state index contributed by atoms with van der Waals surface area (Å²) < 4.78 is 5.37. The third kappa shape index (κ3) is 4.76. The Hall–Kier alpha value is -2.42. The number of carbonyl (C=O) groups excluding carboxylic acids is 1. The summed E-state index contributed by atoms with van der Waals surface area (Å²) in [6.07, 6.45) is 0.282. The normalized spacial score (nSPS) is 9.53. The lowest BCUT2D eigenvalue weighted by atomic mass is 10.2. The highest BCUT2D eigenvalue weighted by Crippen LogP contribution is 2.26. The quantitative estimate of drug-likeness (QED) is 0.583. The van der Waals surface area contributed by atoms with Crippen molar-refractivity contribution in [2.75, 3.05) is 37.9 Å². The number of hydrogen-bond acceptors (Lipinski definition) is 5. The Kier molecular flexibility index (Phi) is 5.48. The summed E-state index contributed by atoms with van der Waals surface area (Å²) in [6, 6.07) is 7.33. The molecule has 0 saturated heterocycles. The lowest BCUT2D eigenvalue weighted by Crippen LogP contribution is -2.29. The summed E-state index contributed by atoms with van der Waals surface area (Å²) in [5.41, 5.74) is 7.20. The van der Waals surface area contributed by atoms with Gasteiger partial charge in [0, 0.05) is 32.4 Å². The molecule has 0 atom stereocenters. The standard InChI is InChI=1S/C13H18N4O2/c1-17(2)10-4-5-11(15)12(8-10)19-9-13(18)16-7-3-6-14/h4-5,8H,3,7,9,15H2,1-2H3,(H,16,18). The predicted octanol–water partition coefficient (Wildman–Crippen LogP) is 0.743. The Morgan fingerprint density at radius 2 is 2.26 bits per heavy atom. The van der Waals surface area contributed by atoms with Crippen LogP contribution in [0.25, 0.3) is 0 Å². The average molecular weight is 262 g/mol. The second kappa shape index (κ2) is 7.11. The molecular weight excluding hydrogens is 244 g/mol. The molecular formula is C13H18N4O2. The number of nitrogen functional groups attached to an aromatic ring is 1. The van der Waals surface area contributed by atoms with E-state index in [2.05, 4.69) is 5.32 Å². The van der Waals surface area contributed by atoms with E-state index in [9.17, 15) is 4.79 Å². The number of carbonyl (C=O) groups is 1. The molecule has 6 heteroatoms. The van der Waals surface area contributed by atoms with Crippen molar-refractivity contribution in [3.05, 3.63) is 18.2 Å². The van der Waals surface area contributed by atoms with Crippen molar-refractivity contribution in [2.24, 2.45) is 0 Å². The highest BCUT2D eigenvalue weighted by Gasteiger charge is 2.07. The molecule has 1 rings (SSSR count).